The van der Waals surface area contributed by atoms with Crippen molar-refractivity contribution in [1.29, 1.82) is 0 Å². The molecule has 3 rings (SSSR count). The first-order valence-corrected chi connectivity index (χ1v) is 7.87. The van der Waals surface area contributed by atoms with Gasteiger partial charge < -0.3 is 15.5 Å². The molecule has 2 fully saturated rings. The number of nitrogens with zero attached hydrogens (tertiary/aromatic N) is 2. The number of rotatable bonds is 2. The van der Waals surface area contributed by atoms with E-state index in [2.05, 4.69) is 11.9 Å². The van der Waals surface area contributed by atoms with E-state index in [1.807, 2.05) is 4.90 Å². The van der Waals surface area contributed by atoms with Gasteiger partial charge in [-0.1, -0.05) is 0 Å². The van der Waals surface area contributed by atoms with Crippen molar-refractivity contribution < 1.29 is 9.59 Å². The predicted molar refractivity (Wildman–Crippen MR) is 84.6 cm³/mol. The van der Waals surface area contributed by atoms with Crippen LogP contribution in [0.3, 0.4) is 0 Å². The van der Waals surface area contributed by atoms with E-state index in [1.54, 1.807) is 24.3 Å². The van der Waals surface area contributed by atoms with Crippen LogP contribution in [-0.4, -0.2) is 54.8 Å². The van der Waals surface area contributed by atoms with Crippen LogP contribution in [0.1, 0.15) is 40.0 Å². The summed E-state index contributed by atoms with van der Waals surface area (Å²) >= 11 is 0. The Bertz CT molecular complexity index is 580. The fraction of sp³-hybridized carbons (Fsp3) is 0.529. The monoisotopic (exact) mass is 301 g/mol. The number of hydrogen-bond donors (Lipinski definition) is 1. The molecule has 0 saturated carbocycles. The Morgan fingerprint density at radius 3 is 2.32 bits per heavy atom. The zero-order valence-corrected chi connectivity index (χ0v) is 13.0. The summed E-state index contributed by atoms with van der Waals surface area (Å²) in [5, 5.41) is 0. The van der Waals surface area contributed by atoms with Gasteiger partial charge in [0.25, 0.3) is 5.91 Å². The molecular weight excluding hydrogens is 278 g/mol. The molecule has 118 valence electrons. The third-order valence-corrected chi connectivity index (χ3v) is 4.99. The van der Waals surface area contributed by atoms with Crippen molar-refractivity contribution in [2.24, 2.45) is 11.1 Å². The van der Waals surface area contributed by atoms with Crippen molar-refractivity contribution in [3.63, 3.8) is 0 Å². The molecule has 0 aliphatic carbocycles. The summed E-state index contributed by atoms with van der Waals surface area (Å²) in [5.74, 6) is -0.408. The second-order valence-corrected chi connectivity index (χ2v) is 6.76. The molecule has 1 aromatic rings. The van der Waals surface area contributed by atoms with E-state index in [1.165, 1.54) is 12.8 Å². The SMILES string of the molecule is CN1CC[C@@]2(CCCN(C(=O)c3ccc(C(N)=O)cc3)C2)C1. The molecule has 5 nitrogen and oxygen atoms in total. The van der Waals surface area contributed by atoms with Crippen LogP contribution >= 0.6 is 0 Å². The average molecular weight is 301 g/mol. The summed E-state index contributed by atoms with van der Waals surface area (Å²) < 4.78 is 0. The highest BCUT2D eigenvalue weighted by Gasteiger charge is 2.41. The van der Waals surface area contributed by atoms with Gasteiger partial charge in [0, 0.05) is 36.2 Å². The van der Waals surface area contributed by atoms with Crippen LogP contribution in [0, 0.1) is 5.41 Å². The van der Waals surface area contributed by atoms with E-state index >= 15 is 0 Å². The largest absolute Gasteiger partial charge is 0.366 e. The Balaban J connectivity index is 1.73. The van der Waals surface area contributed by atoms with Gasteiger partial charge >= 0.3 is 0 Å². The van der Waals surface area contributed by atoms with Gasteiger partial charge in [0.1, 0.15) is 0 Å². The van der Waals surface area contributed by atoms with Crippen molar-refractivity contribution in [1.82, 2.24) is 9.80 Å². The first-order valence-electron chi connectivity index (χ1n) is 7.87. The summed E-state index contributed by atoms with van der Waals surface area (Å²) in [5.41, 5.74) is 6.58. The number of piperidine rings is 1. The van der Waals surface area contributed by atoms with E-state index in [4.69, 9.17) is 5.73 Å². The predicted octanol–water partition coefficient (Wildman–Crippen LogP) is 1.34. The standard InChI is InChI=1S/C17H23N3O2/c1-19-10-8-17(11-19)7-2-9-20(12-17)16(22)14-5-3-13(4-6-14)15(18)21/h3-6H,2,7-12H2,1H3,(H2,18,21)/t17-/m0/s1. The molecule has 0 aromatic heterocycles. The summed E-state index contributed by atoms with van der Waals surface area (Å²) in [4.78, 5) is 28.1. The van der Waals surface area contributed by atoms with Crippen molar-refractivity contribution in [3.8, 4) is 0 Å². The van der Waals surface area contributed by atoms with Crippen LogP contribution in [0.5, 0.6) is 0 Å². The maximum atomic E-state index is 12.7. The average Bonchev–Trinajstić information content (AvgIpc) is 2.87. The lowest BCUT2D eigenvalue weighted by molar-refractivity contribution is 0.0534. The van der Waals surface area contributed by atoms with E-state index in [0.717, 1.165) is 32.6 Å². The summed E-state index contributed by atoms with van der Waals surface area (Å²) in [6.07, 6.45) is 3.45. The van der Waals surface area contributed by atoms with Crippen LogP contribution < -0.4 is 5.73 Å². The smallest absolute Gasteiger partial charge is 0.253 e. The second-order valence-electron chi connectivity index (χ2n) is 6.76. The maximum absolute atomic E-state index is 12.7. The number of hydrogen-bond acceptors (Lipinski definition) is 3. The number of likely N-dealkylation sites (tertiary alicyclic amines) is 2. The quantitative estimate of drug-likeness (QED) is 0.896. The summed E-state index contributed by atoms with van der Waals surface area (Å²) in [7, 11) is 2.15. The van der Waals surface area contributed by atoms with E-state index in [9.17, 15) is 9.59 Å². The van der Waals surface area contributed by atoms with Crippen molar-refractivity contribution in [3.05, 3.63) is 35.4 Å². The molecule has 2 aliphatic heterocycles. The van der Waals surface area contributed by atoms with Crippen LogP contribution in [-0.2, 0) is 0 Å². The zero-order valence-electron chi connectivity index (χ0n) is 13.0. The molecule has 1 spiro atoms. The van der Waals surface area contributed by atoms with Gasteiger partial charge in [-0.25, -0.2) is 0 Å². The van der Waals surface area contributed by atoms with Gasteiger partial charge in [-0.3, -0.25) is 9.59 Å². The van der Waals surface area contributed by atoms with Crippen LogP contribution in [0.25, 0.3) is 0 Å². The Kier molecular flexibility index (Phi) is 3.91. The highest BCUT2D eigenvalue weighted by Crippen LogP contribution is 2.38. The minimum atomic E-state index is -0.468. The van der Waals surface area contributed by atoms with Gasteiger partial charge in [-0.05, 0) is 57.1 Å². The minimum Gasteiger partial charge on any atom is -0.366 e. The van der Waals surface area contributed by atoms with Gasteiger partial charge in [-0.2, -0.15) is 0 Å². The van der Waals surface area contributed by atoms with Crippen molar-refractivity contribution in [2.75, 3.05) is 33.2 Å². The number of carbonyl (C=O) groups excluding carboxylic acids is 2. The topological polar surface area (TPSA) is 66.6 Å². The number of primary amides is 1. The van der Waals surface area contributed by atoms with Crippen LogP contribution in [0.2, 0.25) is 0 Å². The molecule has 2 saturated heterocycles. The third kappa shape index (κ3) is 2.86. The Morgan fingerprint density at radius 2 is 1.73 bits per heavy atom. The third-order valence-electron chi connectivity index (χ3n) is 4.99. The number of carbonyl (C=O) groups is 2. The Morgan fingerprint density at radius 1 is 1.05 bits per heavy atom. The van der Waals surface area contributed by atoms with Crippen LogP contribution in [0.4, 0.5) is 0 Å². The van der Waals surface area contributed by atoms with E-state index < -0.39 is 5.91 Å². The molecule has 5 heteroatoms. The summed E-state index contributed by atoms with van der Waals surface area (Å²) in [6, 6.07) is 6.65. The van der Waals surface area contributed by atoms with Gasteiger partial charge in [0.15, 0.2) is 0 Å². The lowest BCUT2D eigenvalue weighted by atomic mass is 9.79. The molecule has 1 aromatic carbocycles. The number of nitrogens with two attached hydrogens (primary N) is 1. The maximum Gasteiger partial charge on any atom is 0.253 e. The fourth-order valence-electron chi connectivity index (χ4n) is 3.83. The number of benzene rings is 1. The molecule has 1 atom stereocenters. The molecule has 2 aliphatic rings. The second kappa shape index (κ2) is 5.72. The van der Waals surface area contributed by atoms with Crippen molar-refractivity contribution >= 4 is 11.8 Å². The van der Waals surface area contributed by atoms with E-state index in [0.29, 0.717) is 11.1 Å². The normalized spacial score (nSPS) is 25.6. The molecule has 0 bridgehead atoms. The van der Waals surface area contributed by atoms with Gasteiger partial charge in [0.05, 0.1) is 0 Å². The summed E-state index contributed by atoms with van der Waals surface area (Å²) in [6.45, 7) is 3.86. The Labute approximate surface area is 131 Å². The molecule has 0 radical (unpaired) electrons. The first-order chi connectivity index (χ1) is 10.5. The van der Waals surface area contributed by atoms with E-state index in [-0.39, 0.29) is 11.3 Å². The molecule has 2 heterocycles. The fourth-order valence-corrected chi connectivity index (χ4v) is 3.83. The van der Waals surface area contributed by atoms with Crippen molar-refractivity contribution in [2.45, 2.75) is 19.3 Å². The Hall–Kier alpha value is -1.88. The molecule has 2 N–H and O–H groups in total. The highest BCUT2D eigenvalue weighted by molar-refractivity contribution is 5.97. The lowest BCUT2D eigenvalue weighted by Crippen LogP contribution is -2.47. The molecule has 0 unspecified atom stereocenters. The van der Waals surface area contributed by atoms with Crippen LogP contribution in [0.15, 0.2) is 24.3 Å². The van der Waals surface area contributed by atoms with Gasteiger partial charge in [0.2, 0.25) is 5.91 Å². The molecule has 22 heavy (non-hydrogen) atoms. The molecular formula is C17H23N3O2. The lowest BCUT2D eigenvalue weighted by Gasteiger charge is -2.40. The highest BCUT2D eigenvalue weighted by atomic mass is 16.2. The van der Waals surface area contributed by atoms with Gasteiger partial charge in [-0.15, -0.1) is 0 Å². The zero-order chi connectivity index (χ0) is 15.7. The minimum absolute atomic E-state index is 0.0599. The first kappa shape index (κ1) is 15.0. The molecule has 2 amide bonds. The number of amides is 2.